The molecule has 0 aliphatic carbocycles. The minimum Gasteiger partial charge on any atom is -0.497 e. The van der Waals surface area contributed by atoms with Crippen molar-refractivity contribution in [1.82, 2.24) is 14.5 Å². The molecule has 3 aromatic carbocycles. The second kappa shape index (κ2) is 9.97. The number of halogens is 1. The first kappa shape index (κ1) is 23.8. The predicted octanol–water partition coefficient (Wildman–Crippen LogP) is 7.13. The molecule has 0 saturated heterocycles. The Morgan fingerprint density at radius 3 is 2.33 bits per heavy atom. The van der Waals surface area contributed by atoms with Crippen LogP contribution in [0.25, 0.3) is 39.1 Å². The lowest BCUT2D eigenvalue weighted by molar-refractivity contribution is 0.339. The van der Waals surface area contributed by atoms with Gasteiger partial charge in [-0.25, -0.2) is 4.98 Å². The van der Waals surface area contributed by atoms with Crippen LogP contribution in [0.1, 0.15) is 6.92 Å². The number of nitrogens with two attached hydrogens (primary N) is 1. The van der Waals surface area contributed by atoms with Gasteiger partial charge in [0.25, 0.3) is 0 Å². The number of ether oxygens (including phenoxy) is 2. The number of nitrogens with zero attached hydrogens (tertiary/aromatic N) is 3. The van der Waals surface area contributed by atoms with Crippen LogP contribution in [0.3, 0.4) is 0 Å². The number of hydrogen-bond donors (Lipinski definition) is 1. The molecule has 180 valence electrons. The van der Waals surface area contributed by atoms with E-state index in [1.807, 2.05) is 85.8 Å². The van der Waals surface area contributed by atoms with Crippen molar-refractivity contribution in [3.63, 3.8) is 0 Å². The zero-order chi connectivity index (χ0) is 25.2. The summed E-state index contributed by atoms with van der Waals surface area (Å²) < 4.78 is 13.2. The molecule has 36 heavy (non-hydrogen) atoms. The van der Waals surface area contributed by atoms with Gasteiger partial charge in [0.05, 0.1) is 30.5 Å². The Hall–Kier alpha value is -3.94. The first-order chi connectivity index (χ1) is 17.5. The summed E-state index contributed by atoms with van der Waals surface area (Å²) in [7, 11) is 1.64. The first-order valence-corrected chi connectivity index (χ1v) is 12.1. The molecule has 0 radical (unpaired) electrons. The highest BCUT2D eigenvalue weighted by Gasteiger charge is 2.19. The molecular weight excluding hydrogens is 492 g/mol. The van der Waals surface area contributed by atoms with Gasteiger partial charge in [-0.05, 0) is 72.7 Å². The zero-order valence-electron chi connectivity index (χ0n) is 19.7. The highest BCUT2D eigenvalue weighted by Crippen LogP contribution is 2.37. The molecule has 0 unspecified atom stereocenters. The van der Waals surface area contributed by atoms with Crippen molar-refractivity contribution in [2.75, 3.05) is 19.5 Å². The fourth-order valence-corrected chi connectivity index (χ4v) is 4.55. The van der Waals surface area contributed by atoms with E-state index in [4.69, 9.17) is 49.0 Å². The van der Waals surface area contributed by atoms with E-state index in [1.165, 1.54) is 0 Å². The molecule has 0 spiro atoms. The average molecular weight is 515 g/mol. The van der Waals surface area contributed by atoms with E-state index in [9.17, 15) is 0 Å². The lowest BCUT2D eigenvalue weighted by atomic mass is 9.99. The smallest absolute Gasteiger partial charge is 0.207 e. The van der Waals surface area contributed by atoms with Crippen LogP contribution in [0.5, 0.6) is 11.5 Å². The van der Waals surface area contributed by atoms with Crippen molar-refractivity contribution in [2.24, 2.45) is 0 Å². The summed E-state index contributed by atoms with van der Waals surface area (Å²) in [5.74, 6) is 1.86. The third-order valence-corrected chi connectivity index (χ3v) is 6.36. The molecule has 2 N–H and O–H groups in total. The second-order valence-electron chi connectivity index (χ2n) is 8.00. The fourth-order valence-electron chi connectivity index (χ4n) is 4.14. The molecule has 0 aliphatic heterocycles. The summed E-state index contributed by atoms with van der Waals surface area (Å²) in [5, 5.41) is 1.34. The zero-order valence-corrected chi connectivity index (χ0v) is 21.3. The summed E-state index contributed by atoms with van der Waals surface area (Å²) >= 11 is 11.8. The van der Waals surface area contributed by atoms with Crippen molar-refractivity contribution < 1.29 is 9.47 Å². The predicted molar refractivity (Wildman–Crippen MR) is 148 cm³/mol. The Morgan fingerprint density at radius 2 is 1.64 bits per heavy atom. The van der Waals surface area contributed by atoms with E-state index in [-0.39, 0.29) is 4.77 Å². The fraction of sp³-hybridized carbons (Fsp3) is 0.107. The number of benzene rings is 3. The van der Waals surface area contributed by atoms with Gasteiger partial charge >= 0.3 is 0 Å². The minimum absolute atomic E-state index is 0.286. The van der Waals surface area contributed by atoms with Crippen LogP contribution < -0.4 is 15.2 Å². The molecule has 0 atom stereocenters. The van der Waals surface area contributed by atoms with Gasteiger partial charge in [0.2, 0.25) is 4.77 Å². The van der Waals surface area contributed by atoms with E-state index in [0.717, 1.165) is 33.8 Å². The Balaban J connectivity index is 1.83. The van der Waals surface area contributed by atoms with Crippen molar-refractivity contribution in [3.05, 3.63) is 88.7 Å². The van der Waals surface area contributed by atoms with Crippen LogP contribution in [0.2, 0.25) is 5.02 Å². The van der Waals surface area contributed by atoms with E-state index in [2.05, 4.69) is 0 Å². The summed E-state index contributed by atoms with van der Waals surface area (Å²) in [4.78, 5) is 9.56. The number of fused-ring (bicyclic) bond motifs is 1. The monoisotopic (exact) mass is 514 g/mol. The highest BCUT2D eigenvalue weighted by molar-refractivity contribution is 7.71. The van der Waals surface area contributed by atoms with Gasteiger partial charge in [-0.1, -0.05) is 48.0 Å². The molecule has 0 bridgehead atoms. The largest absolute Gasteiger partial charge is 0.497 e. The second-order valence-corrected chi connectivity index (χ2v) is 8.81. The van der Waals surface area contributed by atoms with Crippen molar-refractivity contribution in [3.8, 4) is 39.6 Å². The molecule has 5 rings (SSSR count). The van der Waals surface area contributed by atoms with Crippen LogP contribution in [-0.4, -0.2) is 28.3 Å². The average Bonchev–Trinajstić information content (AvgIpc) is 2.89. The third-order valence-electron chi connectivity index (χ3n) is 5.84. The number of rotatable bonds is 6. The summed E-state index contributed by atoms with van der Waals surface area (Å²) in [6, 6.07) is 24.9. The van der Waals surface area contributed by atoms with E-state index in [0.29, 0.717) is 34.2 Å². The molecule has 2 aromatic heterocycles. The summed E-state index contributed by atoms with van der Waals surface area (Å²) in [5.41, 5.74) is 11.5. The molecule has 2 heterocycles. The normalized spacial score (nSPS) is 11.0. The molecule has 5 aromatic rings. The maximum absolute atomic E-state index is 6.84. The van der Waals surface area contributed by atoms with Gasteiger partial charge in [0, 0.05) is 10.6 Å². The van der Waals surface area contributed by atoms with Crippen LogP contribution in [0.15, 0.2) is 78.9 Å². The lowest BCUT2D eigenvalue weighted by Gasteiger charge is -2.18. The van der Waals surface area contributed by atoms with Gasteiger partial charge < -0.3 is 15.2 Å². The van der Waals surface area contributed by atoms with Crippen molar-refractivity contribution in [1.29, 1.82) is 0 Å². The molecule has 0 saturated carbocycles. The minimum atomic E-state index is 0.286. The van der Waals surface area contributed by atoms with Crippen molar-refractivity contribution in [2.45, 2.75) is 6.92 Å². The van der Waals surface area contributed by atoms with Crippen LogP contribution in [-0.2, 0) is 0 Å². The number of nitrogen functional groups attached to an aromatic ring is 1. The lowest BCUT2D eigenvalue weighted by Crippen LogP contribution is -2.11. The molecule has 0 amide bonds. The quantitative estimate of drug-likeness (QED) is 0.243. The first-order valence-electron chi connectivity index (χ1n) is 11.4. The van der Waals surface area contributed by atoms with Crippen LogP contribution >= 0.6 is 23.8 Å². The van der Waals surface area contributed by atoms with Gasteiger partial charge in [0.1, 0.15) is 17.3 Å². The molecule has 0 fully saturated rings. The maximum Gasteiger partial charge on any atom is 0.207 e. The maximum atomic E-state index is 6.84. The third kappa shape index (κ3) is 4.39. The van der Waals surface area contributed by atoms with E-state index in [1.54, 1.807) is 11.7 Å². The summed E-state index contributed by atoms with van der Waals surface area (Å²) in [6.07, 6.45) is 0. The number of methoxy groups -OCH3 is 1. The van der Waals surface area contributed by atoms with Gasteiger partial charge in [-0.3, -0.25) is 4.57 Å². The number of anilines is 1. The molecular formula is C28H23ClN4O2S. The number of para-hydroxylation sites is 2. The number of aromatic nitrogens is 3. The Labute approximate surface area is 218 Å². The molecule has 6 nitrogen and oxygen atoms in total. The van der Waals surface area contributed by atoms with Crippen molar-refractivity contribution >= 4 is 40.7 Å². The van der Waals surface area contributed by atoms with E-state index < -0.39 is 0 Å². The van der Waals surface area contributed by atoms with Crippen LogP contribution in [0, 0.1) is 4.77 Å². The Morgan fingerprint density at radius 1 is 0.944 bits per heavy atom. The number of pyridine rings is 1. The summed E-state index contributed by atoms with van der Waals surface area (Å²) in [6.45, 7) is 2.44. The Bertz CT molecular complexity index is 1620. The van der Waals surface area contributed by atoms with Gasteiger partial charge in [-0.15, -0.1) is 0 Å². The van der Waals surface area contributed by atoms with E-state index >= 15 is 0 Å². The topological polar surface area (TPSA) is 75.2 Å². The standard InChI is InChI=1S/C28H23ClN4O2S/c1-3-35-24-7-5-4-6-23(24)33-26(30)25-21(17-10-14-20(34-2)15-11-17)16-22(31-27(25)32-28(33)36)18-8-12-19(29)13-9-18/h4-16H,3,30H2,1-2H3. The van der Waals surface area contributed by atoms with Crippen LogP contribution in [0.4, 0.5) is 5.82 Å². The Kier molecular flexibility index (Phi) is 6.59. The van der Waals surface area contributed by atoms with Gasteiger partial charge in [0.15, 0.2) is 5.65 Å². The number of hydrogen-bond acceptors (Lipinski definition) is 6. The highest BCUT2D eigenvalue weighted by atomic mass is 35.5. The SMILES string of the molecule is CCOc1ccccc1-n1c(N)c2c(-c3ccc(OC)cc3)cc(-c3ccc(Cl)cc3)nc2nc1=S. The molecule has 0 aliphatic rings. The molecule has 8 heteroatoms. The van der Waals surface area contributed by atoms with Gasteiger partial charge in [-0.2, -0.15) is 4.98 Å².